The van der Waals surface area contributed by atoms with Gasteiger partial charge in [-0.15, -0.1) is 0 Å². The third kappa shape index (κ3) is 11.4. The molecule has 0 amide bonds. The van der Waals surface area contributed by atoms with E-state index >= 15 is 0 Å². The zero-order valence-corrected chi connectivity index (χ0v) is 8.48. The first kappa shape index (κ1) is 13.4. The molecular formula is C10H20O4. The van der Waals surface area contributed by atoms with Crippen molar-refractivity contribution in [3.8, 4) is 0 Å². The molecule has 0 aliphatic carbocycles. The number of aliphatic carboxylic acids is 1. The van der Waals surface area contributed by atoms with Crippen molar-refractivity contribution in [3.05, 3.63) is 0 Å². The van der Waals surface area contributed by atoms with Crippen LogP contribution in [-0.4, -0.2) is 27.6 Å². The molecule has 0 saturated heterocycles. The number of hydrogen-bond donors (Lipinski definition) is 3. The summed E-state index contributed by atoms with van der Waals surface area (Å²) in [4.78, 5) is 10.2. The zero-order chi connectivity index (χ0) is 10.8. The van der Waals surface area contributed by atoms with Crippen LogP contribution >= 0.6 is 0 Å². The average molecular weight is 204 g/mol. The number of hydrogen-bond acceptors (Lipinski definition) is 3. The van der Waals surface area contributed by atoms with Crippen molar-refractivity contribution in [1.29, 1.82) is 0 Å². The Balaban J connectivity index is 2.96. The van der Waals surface area contributed by atoms with Gasteiger partial charge in [0.05, 0.1) is 0 Å². The van der Waals surface area contributed by atoms with E-state index in [1.165, 1.54) is 0 Å². The maximum absolute atomic E-state index is 10.2. The van der Waals surface area contributed by atoms with Gasteiger partial charge in [0.2, 0.25) is 0 Å². The lowest BCUT2D eigenvalue weighted by atomic mass is 10.1. The highest BCUT2D eigenvalue weighted by atomic mass is 16.5. The van der Waals surface area contributed by atoms with Crippen molar-refractivity contribution in [1.82, 2.24) is 0 Å². The Kier molecular flexibility index (Phi) is 8.57. The molecule has 0 aliphatic heterocycles. The standard InChI is InChI=1S/C10H20O4/c11-9(12)7-5-3-1-2-4-6-8-10(13)14/h9,11-12H,1-8H2,(H,13,14). The van der Waals surface area contributed by atoms with Gasteiger partial charge in [-0.1, -0.05) is 25.7 Å². The first-order valence-electron chi connectivity index (χ1n) is 5.21. The summed E-state index contributed by atoms with van der Waals surface area (Å²) >= 11 is 0. The van der Waals surface area contributed by atoms with Crippen molar-refractivity contribution in [2.75, 3.05) is 0 Å². The van der Waals surface area contributed by atoms with Crippen LogP contribution in [0.4, 0.5) is 0 Å². The van der Waals surface area contributed by atoms with Gasteiger partial charge >= 0.3 is 5.97 Å². The smallest absolute Gasteiger partial charge is 0.303 e. The number of unbranched alkanes of at least 4 members (excludes halogenated alkanes) is 5. The van der Waals surface area contributed by atoms with Gasteiger partial charge in [-0.05, 0) is 19.3 Å². The lowest BCUT2D eigenvalue weighted by Gasteiger charge is -2.02. The second-order valence-corrected chi connectivity index (χ2v) is 3.53. The molecule has 0 saturated carbocycles. The van der Waals surface area contributed by atoms with E-state index in [1.54, 1.807) is 0 Å². The second-order valence-electron chi connectivity index (χ2n) is 3.53. The second kappa shape index (κ2) is 8.97. The fourth-order valence-electron chi connectivity index (χ4n) is 1.31. The summed E-state index contributed by atoms with van der Waals surface area (Å²) in [7, 11) is 0. The summed E-state index contributed by atoms with van der Waals surface area (Å²) in [6, 6.07) is 0. The van der Waals surface area contributed by atoms with E-state index in [0.29, 0.717) is 6.42 Å². The zero-order valence-electron chi connectivity index (χ0n) is 8.48. The number of carboxylic acid groups (broad SMARTS) is 1. The van der Waals surface area contributed by atoms with Crippen LogP contribution in [-0.2, 0) is 4.79 Å². The lowest BCUT2D eigenvalue weighted by Crippen LogP contribution is -2.02. The Morgan fingerprint density at radius 2 is 1.43 bits per heavy atom. The van der Waals surface area contributed by atoms with Crippen molar-refractivity contribution >= 4 is 5.97 Å². The predicted octanol–water partition coefficient (Wildman–Crippen LogP) is 1.50. The summed E-state index contributed by atoms with van der Waals surface area (Å²) in [5.74, 6) is -0.728. The summed E-state index contributed by atoms with van der Waals surface area (Å²) in [6.07, 6.45) is 5.13. The third-order valence-corrected chi connectivity index (χ3v) is 2.10. The van der Waals surface area contributed by atoms with E-state index in [9.17, 15) is 4.79 Å². The van der Waals surface area contributed by atoms with Crippen molar-refractivity contribution in [3.63, 3.8) is 0 Å². The van der Waals surface area contributed by atoms with E-state index in [1.807, 2.05) is 0 Å². The van der Waals surface area contributed by atoms with Gasteiger partial charge in [-0.25, -0.2) is 0 Å². The molecule has 0 rings (SSSR count). The number of carbonyl (C=O) groups is 1. The van der Waals surface area contributed by atoms with Gasteiger partial charge < -0.3 is 15.3 Å². The molecule has 0 heterocycles. The predicted molar refractivity (Wildman–Crippen MR) is 52.8 cm³/mol. The molecule has 84 valence electrons. The molecule has 0 aromatic carbocycles. The number of aliphatic hydroxyl groups excluding tert-OH is 1. The van der Waals surface area contributed by atoms with Gasteiger partial charge in [-0.2, -0.15) is 0 Å². The third-order valence-electron chi connectivity index (χ3n) is 2.10. The van der Waals surface area contributed by atoms with Gasteiger partial charge in [0.1, 0.15) is 0 Å². The summed E-state index contributed by atoms with van der Waals surface area (Å²) in [5, 5.41) is 25.4. The highest BCUT2D eigenvalue weighted by molar-refractivity contribution is 5.66. The molecule has 0 atom stereocenters. The largest absolute Gasteiger partial charge is 0.481 e. The minimum Gasteiger partial charge on any atom is -0.481 e. The number of aliphatic hydroxyl groups is 2. The highest BCUT2D eigenvalue weighted by Gasteiger charge is 1.98. The minimum absolute atomic E-state index is 0.259. The Hall–Kier alpha value is -0.610. The quantitative estimate of drug-likeness (QED) is 0.393. The first-order chi connectivity index (χ1) is 6.63. The van der Waals surface area contributed by atoms with Gasteiger partial charge in [0.25, 0.3) is 0 Å². The molecule has 0 aromatic rings. The molecule has 4 heteroatoms. The van der Waals surface area contributed by atoms with Gasteiger partial charge in [0.15, 0.2) is 6.29 Å². The van der Waals surface area contributed by atoms with Crippen molar-refractivity contribution in [2.45, 2.75) is 57.7 Å². The molecule has 0 fully saturated rings. The van der Waals surface area contributed by atoms with Crippen LogP contribution in [0, 0.1) is 0 Å². The molecule has 0 aliphatic rings. The maximum Gasteiger partial charge on any atom is 0.303 e. The van der Waals surface area contributed by atoms with E-state index in [0.717, 1.165) is 38.5 Å². The van der Waals surface area contributed by atoms with E-state index < -0.39 is 12.3 Å². The number of rotatable bonds is 9. The van der Waals surface area contributed by atoms with Crippen LogP contribution in [0.15, 0.2) is 0 Å². The normalized spacial score (nSPS) is 10.8. The molecule has 0 bridgehead atoms. The maximum atomic E-state index is 10.2. The SMILES string of the molecule is O=C(O)CCCCCCCCC(O)O. The Morgan fingerprint density at radius 3 is 1.93 bits per heavy atom. The van der Waals surface area contributed by atoms with E-state index in [4.69, 9.17) is 15.3 Å². The summed E-state index contributed by atoms with van der Waals surface area (Å²) < 4.78 is 0. The molecule has 0 aromatic heterocycles. The minimum atomic E-state index is -1.18. The number of carboxylic acids is 1. The fraction of sp³-hybridized carbons (Fsp3) is 0.900. The van der Waals surface area contributed by atoms with Crippen LogP contribution in [0.3, 0.4) is 0 Å². The first-order valence-corrected chi connectivity index (χ1v) is 5.21. The molecule has 0 unspecified atom stereocenters. The molecule has 3 N–H and O–H groups in total. The van der Waals surface area contributed by atoms with Crippen LogP contribution in [0.2, 0.25) is 0 Å². The molecule has 4 nitrogen and oxygen atoms in total. The van der Waals surface area contributed by atoms with Crippen LogP contribution in [0.25, 0.3) is 0 Å². The Labute approximate surface area is 84.6 Å². The van der Waals surface area contributed by atoms with Crippen molar-refractivity contribution in [2.24, 2.45) is 0 Å². The van der Waals surface area contributed by atoms with Gasteiger partial charge in [0, 0.05) is 6.42 Å². The monoisotopic (exact) mass is 204 g/mol. The topological polar surface area (TPSA) is 77.8 Å². The molecular weight excluding hydrogens is 184 g/mol. The summed E-state index contributed by atoms with van der Waals surface area (Å²) in [6.45, 7) is 0. The van der Waals surface area contributed by atoms with E-state index in [-0.39, 0.29) is 6.42 Å². The summed E-state index contributed by atoms with van der Waals surface area (Å²) in [5.41, 5.74) is 0. The molecule has 0 spiro atoms. The van der Waals surface area contributed by atoms with Crippen molar-refractivity contribution < 1.29 is 20.1 Å². The molecule has 14 heavy (non-hydrogen) atoms. The average Bonchev–Trinajstić information content (AvgIpc) is 2.08. The highest BCUT2D eigenvalue weighted by Crippen LogP contribution is 2.09. The van der Waals surface area contributed by atoms with Crippen LogP contribution in [0.5, 0.6) is 0 Å². The van der Waals surface area contributed by atoms with Gasteiger partial charge in [-0.3, -0.25) is 4.79 Å². The van der Waals surface area contributed by atoms with Crippen LogP contribution < -0.4 is 0 Å². The van der Waals surface area contributed by atoms with E-state index in [2.05, 4.69) is 0 Å². The fourth-order valence-corrected chi connectivity index (χ4v) is 1.31. The Bertz CT molecular complexity index is 145. The molecule has 0 radical (unpaired) electrons. The Morgan fingerprint density at radius 1 is 0.929 bits per heavy atom. The van der Waals surface area contributed by atoms with Crippen LogP contribution in [0.1, 0.15) is 51.4 Å². The lowest BCUT2D eigenvalue weighted by molar-refractivity contribution is -0.137.